The van der Waals surface area contributed by atoms with Gasteiger partial charge in [0.05, 0.1) is 17.6 Å². The molecule has 2 aliphatic carbocycles. The SMILES string of the molecule is C[C@@H]1C2=C(CC[C@@H]2CN(CCC(N)C(F)(F)F)S(=O)(=O)CC(F)(F)F)Cc2c1cnn2-c1ccc(F)cc1. The minimum Gasteiger partial charge on any atom is -0.320 e. The number of benzene rings is 1. The van der Waals surface area contributed by atoms with Gasteiger partial charge in [-0.3, -0.25) is 0 Å². The number of fused-ring (bicyclic) bond motifs is 1. The van der Waals surface area contributed by atoms with Crippen molar-refractivity contribution in [3.63, 3.8) is 0 Å². The molecule has 1 unspecified atom stereocenters. The maximum atomic E-state index is 13.4. The Labute approximate surface area is 215 Å². The lowest BCUT2D eigenvalue weighted by molar-refractivity contribution is -0.149. The van der Waals surface area contributed by atoms with E-state index >= 15 is 0 Å². The van der Waals surface area contributed by atoms with E-state index in [0.717, 1.165) is 22.4 Å². The molecule has 0 spiro atoms. The second-order valence-corrected chi connectivity index (χ2v) is 11.8. The second kappa shape index (κ2) is 10.3. The highest BCUT2D eigenvalue weighted by Gasteiger charge is 2.43. The predicted molar refractivity (Wildman–Crippen MR) is 125 cm³/mol. The Morgan fingerprint density at radius 2 is 1.82 bits per heavy atom. The Morgan fingerprint density at radius 3 is 2.42 bits per heavy atom. The van der Waals surface area contributed by atoms with Gasteiger partial charge in [0.2, 0.25) is 10.0 Å². The minimum atomic E-state index is -5.05. The van der Waals surface area contributed by atoms with Crippen LogP contribution in [-0.4, -0.2) is 59.7 Å². The first-order chi connectivity index (χ1) is 17.6. The van der Waals surface area contributed by atoms with Crippen LogP contribution in [0.25, 0.3) is 5.69 Å². The molecule has 6 nitrogen and oxygen atoms in total. The van der Waals surface area contributed by atoms with Gasteiger partial charge in [-0.2, -0.15) is 31.4 Å². The predicted octanol–water partition coefficient (Wildman–Crippen LogP) is 4.85. The van der Waals surface area contributed by atoms with Crippen LogP contribution in [0.3, 0.4) is 0 Å². The van der Waals surface area contributed by atoms with Gasteiger partial charge >= 0.3 is 12.4 Å². The molecule has 14 heteroatoms. The lowest BCUT2D eigenvalue weighted by atomic mass is 9.80. The summed E-state index contributed by atoms with van der Waals surface area (Å²) in [5.74, 6) is -3.26. The van der Waals surface area contributed by atoms with Gasteiger partial charge < -0.3 is 5.73 Å². The van der Waals surface area contributed by atoms with Crippen molar-refractivity contribution in [1.82, 2.24) is 14.1 Å². The monoisotopic (exact) mass is 568 g/mol. The Kier molecular flexibility index (Phi) is 7.71. The van der Waals surface area contributed by atoms with Gasteiger partial charge in [-0.1, -0.05) is 18.1 Å². The van der Waals surface area contributed by atoms with Crippen LogP contribution in [0, 0.1) is 11.7 Å². The molecular formula is C24H27F7N4O2S. The number of sulfonamides is 1. The molecule has 1 aromatic carbocycles. The standard InChI is InChI=1S/C24H27F7N4O2S/c1-14-19-11-33-35(18-6-4-17(25)5-7-18)20(19)10-15-2-3-16(22(14)15)12-34(9-8-21(32)24(29,30)31)38(36,37)13-23(26,27)28/h4-7,11,14,16,21H,2-3,8-10,12-13,32H2,1H3/t14-,16+,21?/m0/s1. The lowest BCUT2D eigenvalue weighted by Gasteiger charge is -2.31. The number of nitrogens with zero attached hydrogens (tertiary/aromatic N) is 3. The Bertz CT molecular complexity index is 1300. The molecule has 210 valence electrons. The summed E-state index contributed by atoms with van der Waals surface area (Å²) in [6, 6.07) is 3.44. The first kappa shape index (κ1) is 28.6. The Morgan fingerprint density at radius 1 is 1.16 bits per heavy atom. The quantitative estimate of drug-likeness (QED) is 0.365. The summed E-state index contributed by atoms with van der Waals surface area (Å²) in [7, 11) is -4.94. The van der Waals surface area contributed by atoms with Crippen LogP contribution in [0.5, 0.6) is 0 Å². The van der Waals surface area contributed by atoms with Crippen molar-refractivity contribution in [2.75, 3.05) is 18.8 Å². The maximum absolute atomic E-state index is 13.4. The smallest absolute Gasteiger partial charge is 0.320 e. The normalized spacial score (nSPS) is 21.1. The largest absolute Gasteiger partial charge is 0.404 e. The fourth-order valence-corrected chi connectivity index (χ4v) is 6.80. The number of halogens is 7. The number of rotatable bonds is 8. The average molecular weight is 569 g/mol. The maximum Gasteiger partial charge on any atom is 0.404 e. The number of allylic oxidation sites excluding steroid dienone is 1. The zero-order chi connectivity index (χ0) is 28.0. The van der Waals surface area contributed by atoms with Gasteiger partial charge in [0.25, 0.3) is 0 Å². The van der Waals surface area contributed by atoms with Crippen molar-refractivity contribution in [3.8, 4) is 5.69 Å². The topological polar surface area (TPSA) is 81.2 Å². The molecule has 0 fully saturated rings. The highest BCUT2D eigenvalue weighted by Crippen LogP contribution is 2.47. The molecule has 4 rings (SSSR count). The van der Waals surface area contributed by atoms with E-state index in [1.165, 1.54) is 12.1 Å². The zero-order valence-electron chi connectivity index (χ0n) is 20.4. The Hall–Kier alpha value is -2.45. The molecular weight excluding hydrogens is 541 g/mol. The molecule has 1 aromatic heterocycles. The number of alkyl halides is 6. The van der Waals surface area contributed by atoms with Crippen LogP contribution in [0.2, 0.25) is 0 Å². The third-order valence-corrected chi connectivity index (χ3v) is 9.01. The molecule has 0 bridgehead atoms. The molecule has 38 heavy (non-hydrogen) atoms. The number of nitrogens with two attached hydrogens (primary N) is 1. The molecule has 0 saturated heterocycles. The van der Waals surface area contributed by atoms with Crippen LogP contribution in [0.15, 0.2) is 41.6 Å². The van der Waals surface area contributed by atoms with E-state index in [2.05, 4.69) is 5.10 Å². The van der Waals surface area contributed by atoms with Crippen molar-refractivity contribution in [3.05, 3.63) is 58.7 Å². The van der Waals surface area contributed by atoms with Gasteiger partial charge in [0, 0.05) is 31.0 Å². The molecule has 0 amide bonds. The summed E-state index contributed by atoms with van der Waals surface area (Å²) in [4.78, 5) is 0. The summed E-state index contributed by atoms with van der Waals surface area (Å²) >= 11 is 0. The van der Waals surface area contributed by atoms with E-state index in [4.69, 9.17) is 5.73 Å². The number of aromatic nitrogens is 2. The van der Waals surface area contributed by atoms with Crippen molar-refractivity contribution >= 4 is 10.0 Å². The third-order valence-electron chi connectivity index (χ3n) is 7.20. The van der Waals surface area contributed by atoms with Gasteiger partial charge in [0.1, 0.15) is 11.9 Å². The highest BCUT2D eigenvalue weighted by molar-refractivity contribution is 7.89. The molecule has 0 radical (unpaired) electrons. The fraction of sp³-hybridized carbons (Fsp3) is 0.542. The van der Waals surface area contributed by atoms with E-state index < -0.39 is 58.9 Å². The van der Waals surface area contributed by atoms with E-state index in [1.54, 1.807) is 23.0 Å². The van der Waals surface area contributed by atoms with E-state index in [9.17, 15) is 39.2 Å². The molecule has 0 aliphatic heterocycles. The minimum absolute atomic E-state index is 0.236. The van der Waals surface area contributed by atoms with Crippen molar-refractivity contribution in [2.45, 2.75) is 56.9 Å². The first-order valence-electron chi connectivity index (χ1n) is 12.0. The molecule has 0 saturated carbocycles. The van der Waals surface area contributed by atoms with Crippen molar-refractivity contribution < 1.29 is 39.2 Å². The summed E-state index contributed by atoms with van der Waals surface area (Å²) in [5, 5.41) is 4.43. The summed E-state index contributed by atoms with van der Waals surface area (Å²) in [6.45, 7) is 0.740. The van der Waals surface area contributed by atoms with Gasteiger partial charge in [-0.15, -0.1) is 0 Å². The van der Waals surface area contributed by atoms with Crippen LogP contribution in [-0.2, 0) is 16.4 Å². The summed E-state index contributed by atoms with van der Waals surface area (Å²) in [6.07, 6.45) is -7.57. The molecule has 3 atom stereocenters. The second-order valence-electron chi connectivity index (χ2n) is 9.79. The molecule has 1 heterocycles. The Balaban J connectivity index is 1.59. The van der Waals surface area contributed by atoms with Crippen molar-refractivity contribution in [1.29, 1.82) is 0 Å². The van der Waals surface area contributed by atoms with E-state index in [1.807, 2.05) is 6.92 Å². The highest BCUT2D eigenvalue weighted by atomic mass is 32.2. The van der Waals surface area contributed by atoms with E-state index in [0.29, 0.717) is 29.3 Å². The zero-order valence-corrected chi connectivity index (χ0v) is 21.2. The van der Waals surface area contributed by atoms with Crippen LogP contribution in [0.4, 0.5) is 30.7 Å². The first-order valence-corrected chi connectivity index (χ1v) is 13.6. The van der Waals surface area contributed by atoms with Gasteiger partial charge in [-0.25, -0.2) is 21.8 Å². The molecule has 2 aliphatic rings. The summed E-state index contributed by atoms with van der Waals surface area (Å²) < 4.78 is 119. The van der Waals surface area contributed by atoms with E-state index in [-0.39, 0.29) is 12.5 Å². The third kappa shape index (κ3) is 6.07. The van der Waals surface area contributed by atoms with Crippen molar-refractivity contribution in [2.24, 2.45) is 11.7 Å². The molecule has 2 N–H and O–H groups in total. The summed E-state index contributed by atoms with van der Waals surface area (Å²) in [5.41, 5.74) is 9.37. The molecule has 2 aromatic rings. The fourth-order valence-electron chi connectivity index (χ4n) is 5.41. The lowest BCUT2D eigenvalue weighted by Crippen LogP contribution is -2.45. The average Bonchev–Trinajstić information content (AvgIpc) is 3.39. The number of hydrogen-bond donors (Lipinski definition) is 1. The van der Waals surface area contributed by atoms with Crippen LogP contribution in [0.1, 0.15) is 43.4 Å². The van der Waals surface area contributed by atoms with Gasteiger partial charge in [0.15, 0.2) is 5.75 Å². The van der Waals surface area contributed by atoms with Crippen LogP contribution >= 0.6 is 0 Å². The number of hydrogen-bond acceptors (Lipinski definition) is 4. The van der Waals surface area contributed by atoms with Crippen LogP contribution < -0.4 is 5.73 Å². The van der Waals surface area contributed by atoms with Gasteiger partial charge in [-0.05, 0) is 49.4 Å².